The van der Waals surface area contributed by atoms with Gasteiger partial charge in [0.05, 0.1) is 6.54 Å². The molecule has 0 aromatic heterocycles. The number of nitrogens with zero attached hydrogens (tertiary/aromatic N) is 2. The lowest BCUT2D eigenvalue weighted by molar-refractivity contribution is 0.592. The van der Waals surface area contributed by atoms with Gasteiger partial charge in [0.2, 0.25) is 0 Å². The van der Waals surface area contributed by atoms with Crippen LogP contribution in [0.25, 0.3) is 33.4 Å². The average molecular weight is 691 g/mol. The second-order valence-corrected chi connectivity index (χ2v) is 16.2. The Balaban J connectivity index is 1.35. The summed E-state index contributed by atoms with van der Waals surface area (Å²) in [6.45, 7) is 11.2. The first kappa shape index (κ1) is 34.7. The molecule has 0 radical (unpaired) electrons. The van der Waals surface area contributed by atoms with Gasteiger partial charge in [-0.15, -0.1) is 0 Å². The van der Waals surface area contributed by atoms with Crippen LogP contribution in [-0.2, 0) is 12.0 Å². The van der Waals surface area contributed by atoms with E-state index in [1.807, 2.05) is 30.3 Å². The molecule has 0 amide bonds. The third-order valence-electron chi connectivity index (χ3n) is 9.33. The molecule has 254 valence electrons. The van der Waals surface area contributed by atoms with Crippen molar-refractivity contribution in [1.29, 1.82) is 0 Å². The van der Waals surface area contributed by atoms with Crippen LogP contribution >= 0.6 is 7.92 Å². The topological polar surface area (TPSA) is 24.7 Å². The zero-order valence-corrected chi connectivity index (χ0v) is 31.0. The Morgan fingerprint density at radius 2 is 1.02 bits per heavy atom. The molecular formula is C49H43N2P. The Morgan fingerprint density at radius 1 is 0.500 bits per heavy atom. The molecule has 0 bridgehead atoms. The van der Waals surface area contributed by atoms with Gasteiger partial charge in [0.1, 0.15) is 0 Å². The minimum Gasteiger partial charge on any atom is -0.261 e. The molecule has 0 N–H and O–H groups in total. The first-order chi connectivity index (χ1) is 25.4. The highest BCUT2D eigenvalue weighted by Crippen LogP contribution is 2.40. The smallest absolute Gasteiger partial charge is 0.154 e. The van der Waals surface area contributed by atoms with E-state index >= 15 is 0 Å². The zero-order chi connectivity index (χ0) is 35.9. The molecule has 0 spiro atoms. The number of amidine groups is 1. The van der Waals surface area contributed by atoms with Gasteiger partial charge in [0.25, 0.3) is 0 Å². The monoisotopic (exact) mass is 690 g/mol. The highest BCUT2D eigenvalue weighted by atomic mass is 31.1. The van der Waals surface area contributed by atoms with E-state index in [2.05, 4.69) is 184 Å². The molecule has 0 heterocycles. The Kier molecular flexibility index (Phi) is 10.5. The van der Waals surface area contributed by atoms with Crippen molar-refractivity contribution in [3.8, 4) is 33.4 Å². The van der Waals surface area contributed by atoms with Crippen LogP contribution < -0.4 is 15.9 Å². The van der Waals surface area contributed by atoms with Crippen LogP contribution in [0.4, 0.5) is 0 Å². The molecule has 0 aliphatic heterocycles. The molecule has 0 saturated carbocycles. The third kappa shape index (κ3) is 7.94. The van der Waals surface area contributed by atoms with E-state index in [1.165, 1.54) is 54.9 Å². The maximum Gasteiger partial charge on any atom is 0.154 e. The summed E-state index contributed by atoms with van der Waals surface area (Å²) in [5.41, 5.74) is 10.7. The fraction of sp³-hybridized carbons (Fsp3) is 0.102. The van der Waals surface area contributed by atoms with Gasteiger partial charge in [-0.3, -0.25) is 4.99 Å². The standard InChI is InChI=1S/C49H43N2P/c1-49(2,3)47-34-40(29-30-46(47)38-17-9-5-10-18-38)42-31-41(32-45(33-42)52(43-21-13-7-14-22-43)44-23-15-8-16-24-44)37-27-25-36(26-28-37)35-51-48(50-4)39-19-11-6-12-20-39/h5-34H,4,35H2,1-3H3. The maximum atomic E-state index is 4.79. The molecule has 7 rings (SSSR count). The summed E-state index contributed by atoms with van der Waals surface area (Å²) in [5, 5.41) is 3.99. The molecule has 0 fully saturated rings. The minimum atomic E-state index is -0.809. The predicted octanol–water partition coefficient (Wildman–Crippen LogP) is 11.4. The van der Waals surface area contributed by atoms with Crippen molar-refractivity contribution < 1.29 is 0 Å². The van der Waals surface area contributed by atoms with Gasteiger partial charge in [0.15, 0.2) is 5.84 Å². The molecule has 7 aromatic carbocycles. The van der Waals surface area contributed by atoms with E-state index in [1.54, 1.807) is 0 Å². The van der Waals surface area contributed by atoms with E-state index < -0.39 is 7.92 Å². The van der Waals surface area contributed by atoms with Gasteiger partial charge in [-0.2, -0.15) is 0 Å². The van der Waals surface area contributed by atoms with Crippen molar-refractivity contribution in [2.24, 2.45) is 9.98 Å². The molecule has 0 aliphatic carbocycles. The van der Waals surface area contributed by atoms with Crippen molar-refractivity contribution in [3.05, 3.63) is 199 Å². The van der Waals surface area contributed by atoms with Gasteiger partial charge in [-0.25, -0.2) is 4.99 Å². The first-order valence-corrected chi connectivity index (χ1v) is 19.1. The van der Waals surface area contributed by atoms with E-state index in [0.29, 0.717) is 12.4 Å². The lowest BCUT2D eigenvalue weighted by Crippen LogP contribution is -2.21. The van der Waals surface area contributed by atoms with Crippen molar-refractivity contribution in [2.45, 2.75) is 32.7 Å². The molecule has 0 aliphatic rings. The fourth-order valence-corrected chi connectivity index (χ4v) is 9.05. The summed E-state index contributed by atoms with van der Waals surface area (Å²) in [5.74, 6) is 0.658. The number of aliphatic imine (C=N–C) groups is 2. The van der Waals surface area contributed by atoms with Crippen LogP contribution in [0.1, 0.15) is 37.5 Å². The summed E-state index contributed by atoms with van der Waals surface area (Å²) in [6.07, 6.45) is 0. The van der Waals surface area contributed by atoms with Gasteiger partial charge in [-0.1, -0.05) is 185 Å². The molecule has 3 heteroatoms. The largest absolute Gasteiger partial charge is 0.261 e. The van der Waals surface area contributed by atoms with Crippen LogP contribution in [0.5, 0.6) is 0 Å². The van der Waals surface area contributed by atoms with Crippen molar-refractivity contribution in [2.75, 3.05) is 0 Å². The first-order valence-electron chi connectivity index (χ1n) is 17.8. The zero-order valence-electron chi connectivity index (χ0n) is 30.1. The molecule has 0 atom stereocenters. The fourth-order valence-electron chi connectivity index (χ4n) is 6.68. The molecule has 2 nitrogen and oxygen atoms in total. The predicted molar refractivity (Wildman–Crippen MR) is 226 cm³/mol. The van der Waals surface area contributed by atoms with E-state index in [0.717, 1.165) is 11.1 Å². The third-order valence-corrected chi connectivity index (χ3v) is 11.7. The summed E-state index contributed by atoms with van der Waals surface area (Å²) < 4.78 is 0. The number of hydrogen-bond acceptors (Lipinski definition) is 1. The Bertz CT molecular complexity index is 2250. The highest BCUT2D eigenvalue weighted by Gasteiger charge is 2.22. The molecule has 7 aromatic rings. The van der Waals surface area contributed by atoms with Crippen molar-refractivity contribution in [1.82, 2.24) is 0 Å². The van der Waals surface area contributed by atoms with E-state index in [-0.39, 0.29) is 5.41 Å². The van der Waals surface area contributed by atoms with Gasteiger partial charge in [0, 0.05) is 5.56 Å². The average Bonchev–Trinajstić information content (AvgIpc) is 3.19. The van der Waals surface area contributed by atoms with Crippen molar-refractivity contribution >= 4 is 36.4 Å². The number of rotatable bonds is 9. The van der Waals surface area contributed by atoms with Gasteiger partial charge < -0.3 is 0 Å². The van der Waals surface area contributed by atoms with Crippen LogP contribution in [0.2, 0.25) is 0 Å². The maximum absolute atomic E-state index is 4.79. The van der Waals surface area contributed by atoms with E-state index in [4.69, 9.17) is 4.99 Å². The van der Waals surface area contributed by atoms with Crippen LogP contribution in [0.15, 0.2) is 192 Å². The molecular weight excluding hydrogens is 648 g/mol. The van der Waals surface area contributed by atoms with E-state index in [9.17, 15) is 0 Å². The number of hydrogen-bond donors (Lipinski definition) is 0. The Labute approximate surface area is 310 Å². The second-order valence-electron chi connectivity index (χ2n) is 14.0. The normalized spacial score (nSPS) is 11.8. The van der Waals surface area contributed by atoms with Gasteiger partial charge in [-0.05, 0) is 98.7 Å². The minimum absolute atomic E-state index is 0.0396. The van der Waals surface area contributed by atoms with Crippen LogP contribution in [0, 0.1) is 0 Å². The summed E-state index contributed by atoms with van der Waals surface area (Å²) in [7, 11) is -0.809. The van der Waals surface area contributed by atoms with Crippen LogP contribution in [0.3, 0.4) is 0 Å². The summed E-state index contributed by atoms with van der Waals surface area (Å²) in [6, 6.07) is 65.7. The summed E-state index contributed by atoms with van der Waals surface area (Å²) in [4.78, 5) is 8.99. The molecule has 0 saturated heterocycles. The summed E-state index contributed by atoms with van der Waals surface area (Å²) >= 11 is 0. The highest BCUT2D eigenvalue weighted by molar-refractivity contribution is 7.79. The number of benzene rings is 7. The lowest BCUT2D eigenvalue weighted by atomic mass is 9.80. The SMILES string of the molecule is C=NC(=NCc1ccc(-c2cc(-c3ccc(-c4ccccc4)c(C(C)(C)C)c3)cc(P(c3ccccc3)c3ccccc3)c2)cc1)c1ccccc1. The quantitative estimate of drug-likeness (QED) is 0.0818. The van der Waals surface area contributed by atoms with Crippen molar-refractivity contribution in [3.63, 3.8) is 0 Å². The Morgan fingerprint density at radius 3 is 1.58 bits per heavy atom. The lowest BCUT2D eigenvalue weighted by Gasteiger charge is -2.25. The Hall–Kier alpha value is -5.69. The molecule has 52 heavy (non-hydrogen) atoms. The molecule has 0 unspecified atom stereocenters. The second kappa shape index (κ2) is 15.7. The van der Waals surface area contributed by atoms with Gasteiger partial charge >= 0.3 is 0 Å². The van der Waals surface area contributed by atoms with Crippen LogP contribution in [-0.4, -0.2) is 12.6 Å².